The molecule has 1 heterocycles. The molecular weight excluding hydrogens is 350 g/mol. The summed E-state index contributed by atoms with van der Waals surface area (Å²) >= 11 is 0. The predicted molar refractivity (Wildman–Crippen MR) is 114 cm³/mol. The fraction of sp³-hybridized carbons (Fsp3) is 0.435. The summed E-state index contributed by atoms with van der Waals surface area (Å²) in [5.41, 5.74) is 4.26. The van der Waals surface area contributed by atoms with Gasteiger partial charge in [0.05, 0.1) is 6.10 Å². The molecule has 2 aromatic carbocycles. The summed E-state index contributed by atoms with van der Waals surface area (Å²) in [5.74, 6) is 0.0870. The minimum absolute atomic E-state index is 0.0870. The Hall–Kier alpha value is -2.21. The van der Waals surface area contributed by atoms with Crippen LogP contribution in [-0.4, -0.2) is 85.2 Å². The number of aliphatic hydroxyl groups is 1. The highest BCUT2D eigenvalue weighted by Gasteiger charge is 2.23. The van der Waals surface area contributed by atoms with Crippen LogP contribution in [0.25, 0.3) is 11.1 Å². The Morgan fingerprint density at radius 1 is 0.964 bits per heavy atom. The Labute approximate surface area is 168 Å². The first-order chi connectivity index (χ1) is 13.4. The minimum atomic E-state index is -0.355. The van der Waals surface area contributed by atoms with Gasteiger partial charge in [0.15, 0.2) is 0 Å². The Morgan fingerprint density at radius 3 is 2.04 bits per heavy atom. The molecule has 1 N–H and O–H groups in total. The van der Waals surface area contributed by atoms with E-state index in [2.05, 4.69) is 36.1 Å². The maximum Gasteiger partial charge on any atom is 0.253 e. The number of likely N-dealkylation sites (N-methyl/N-ethyl adjacent to an activating group) is 1. The molecule has 3 rings (SSSR count). The first kappa shape index (κ1) is 20.5. The van der Waals surface area contributed by atoms with Crippen molar-refractivity contribution in [1.29, 1.82) is 0 Å². The molecule has 28 heavy (non-hydrogen) atoms. The van der Waals surface area contributed by atoms with Gasteiger partial charge in [-0.15, -0.1) is 0 Å². The molecule has 1 atom stereocenters. The lowest BCUT2D eigenvalue weighted by molar-refractivity contribution is 0.0479. The van der Waals surface area contributed by atoms with E-state index in [9.17, 15) is 9.90 Å². The molecule has 1 saturated heterocycles. The maximum atomic E-state index is 12.8. The number of β-amino-alcohol motifs (C(OH)–C–C–N with tert-alkyl or cyclic N) is 1. The van der Waals surface area contributed by atoms with E-state index in [-0.39, 0.29) is 12.0 Å². The third-order valence-corrected chi connectivity index (χ3v) is 5.22. The molecule has 0 aromatic heterocycles. The highest BCUT2D eigenvalue weighted by atomic mass is 16.3. The van der Waals surface area contributed by atoms with Gasteiger partial charge in [-0.3, -0.25) is 9.69 Å². The fourth-order valence-corrected chi connectivity index (χ4v) is 3.64. The Morgan fingerprint density at radius 2 is 1.50 bits per heavy atom. The van der Waals surface area contributed by atoms with E-state index in [0.29, 0.717) is 26.2 Å². The molecule has 0 radical (unpaired) electrons. The van der Waals surface area contributed by atoms with Gasteiger partial charge in [-0.25, -0.2) is 0 Å². The van der Waals surface area contributed by atoms with Gasteiger partial charge >= 0.3 is 0 Å². The van der Waals surface area contributed by atoms with Gasteiger partial charge in [-0.2, -0.15) is 0 Å². The van der Waals surface area contributed by atoms with Crippen molar-refractivity contribution in [3.05, 3.63) is 59.7 Å². The number of amides is 1. The monoisotopic (exact) mass is 381 g/mol. The number of carbonyl (C=O) groups is 1. The molecule has 0 aliphatic carbocycles. The number of hydrogen-bond donors (Lipinski definition) is 1. The second kappa shape index (κ2) is 9.32. The van der Waals surface area contributed by atoms with Crippen LogP contribution in [0.15, 0.2) is 48.5 Å². The number of hydrogen-bond acceptors (Lipinski definition) is 4. The summed E-state index contributed by atoms with van der Waals surface area (Å²) in [6.07, 6.45) is -0.355. The van der Waals surface area contributed by atoms with Gasteiger partial charge < -0.3 is 14.9 Å². The summed E-state index contributed by atoms with van der Waals surface area (Å²) in [7, 11) is 3.92. The lowest BCUT2D eigenvalue weighted by Gasteiger charge is -2.36. The summed E-state index contributed by atoms with van der Waals surface area (Å²) in [5, 5.41) is 10.1. The zero-order valence-electron chi connectivity index (χ0n) is 17.1. The van der Waals surface area contributed by atoms with Crippen LogP contribution in [0.3, 0.4) is 0 Å². The second-order valence-electron chi connectivity index (χ2n) is 7.95. The van der Waals surface area contributed by atoms with Crippen molar-refractivity contribution in [2.24, 2.45) is 0 Å². The Bertz CT molecular complexity index is 763. The molecule has 2 aromatic rings. The van der Waals surface area contributed by atoms with Crippen LogP contribution < -0.4 is 0 Å². The van der Waals surface area contributed by atoms with Crippen LogP contribution in [-0.2, 0) is 0 Å². The topological polar surface area (TPSA) is 47.0 Å². The molecule has 0 spiro atoms. The number of aryl methyl sites for hydroxylation is 1. The average molecular weight is 382 g/mol. The van der Waals surface area contributed by atoms with Crippen molar-refractivity contribution < 1.29 is 9.90 Å². The van der Waals surface area contributed by atoms with Crippen LogP contribution in [0.4, 0.5) is 0 Å². The fourth-order valence-electron chi connectivity index (χ4n) is 3.64. The molecule has 1 unspecified atom stereocenters. The molecule has 1 amide bonds. The zero-order valence-corrected chi connectivity index (χ0v) is 17.1. The van der Waals surface area contributed by atoms with Crippen LogP contribution >= 0.6 is 0 Å². The van der Waals surface area contributed by atoms with Crippen LogP contribution in [0, 0.1) is 6.92 Å². The van der Waals surface area contributed by atoms with E-state index in [1.54, 1.807) is 0 Å². The van der Waals surface area contributed by atoms with E-state index >= 15 is 0 Å². The number of aliphatic hydroxyl groups excluding tert-OH is 1. The highest BCUT2D eigenvalue weighted by molar-refractivity contribution is 5.94. The lowest BCUT2D eigenvalue weighted by Crippen LogP contribution is -2.51. The standard InChI is InChI=1S/C23H31N3O2/c1-18-4-6-19(7-5-18)20-8-10-21(11-9-20)23(28)26-14-12-25(13-15-26)17-22(27)16-24(2)3/h4-11,22,27H,12-17H2,1-3H3. The number of carbonyl (C=O) groups excluding carboxylic acids is 1. The average Bonchev–Trinajstić information content (AvgIpc) is 2.68. The van der Waals surface area contributed by atoms with Crippen molar-refractivity contribution in [3.63, 3.8) is 0 Å². The van der Waals surface area contributed by atoms with Gasteiger partial charge in [0.2, 0.25) is 0 Å². The third-order valence-electron chi connectivity index (χ3n) is 5.22. The van der Waals surface area contributed by atoms with Crippen LogP contribution in [0.1, 0.15) is 15.9 Å². The largest absolute Gasteiger partial charge is 0.390 e. The van der Waals surface area contributed by atoms with E-state index in [4.69, 9.17) is 0 Å². The van der Waals surface area contributed by atoms with Crippen molar-refractivity contribution in [2.45, 2.75) is 13.0 Å². The Kier molecular flexibility index (Phi) is 6.83. The molecule has 0 saturated carbocycles. The van der Waals surface area contributed by atoms with Gasteiger partial charge in [-0.1, -0.05) is 42.0 Å². The van der Waals surface area contributed by atoms with Gasteiger partial charge in [0.1, 0.15) is 0 Å². The zero-order chi connectivity index (χ0) is 20.1. The smallest absolute Gasteiger partial charge is 0.253 e. The molecular formula is C23H31N3O2. The highest BCUT2D eigenvalue weighted by Crippen LogP contribution is 2.21. The van der Waals surface area contributed by atoms with E-state index in [1.165, 1.54) is 5.56 Å². The second-order valence-corrected chi connectivity index (χ2v) is 7.95. The summed E-state index contributed by atoms with van der Waals surface area (Å²) < 4.78 is 0. The number of piperazine rings is 1. The number of benzene rings is 2. The number of nitrogens with zero attached hydrogens (tertiary/aromatic N) is 3. The number of rotatable bonds is 6. The van der Waals surface area contributed by atoms with Gasteiger partial charge in [0.25, 0.3) is 5.91 Å². The van der Waals surface area contributed by atoms with Crippen molar-refractivity contribution >= 4 is 5.91 Å². The lowest BCUT2D eigenvalue weighted by atomic mass is 10.0. The van der Waals surface area contributed by atoms with Gasteiger partial charge in [0, 0.05) is 44.8 Å². The van der Waals surface area contributed by atoms with E-state index in [1.807, 2.05) is 48.2 Å². The van der Waals surface area contributed by atoms with Gasteiger partial charge in [-0.05, 0) is 44.3 Å². The molecule has 1 aliphatic heterocycles. The maximum absolute atomic E-state index is 12.8. The van der Waals surface area contributed by atoms with Crippen molar-refractivity contribution in [3.8, 4) is 11.1 Å². The minimum Gasteiger partial charge on any atom is -0.390 e. The summed E-state index contributed by atoms with van der Waals surface area (Å²) in [6, 6.07) is 16.3. The van der Waals surface area contributed by atoms with Crippen LogP contribution in [0.5, 0.6) is 0 Å². The first-order valence-electron chi connectivity index (χ1n) is 9.94. The molecule has 0 bridgehead atoms. The SMILES string of the molecule is Cc1ccc(-c2ccc(C(=O)N3CCN(CC(O)CN(C)C)CC3)cc2)cc1. The molecule has 5 nitrogen and oxygen atoms in total. The van der Waals surface area contributed by atoms with Crippen molar-refractivity contribution in [2.75, 3.05) is 53.4 Å². The van der Waals surface area contributed by atoms with Crippen molar-refractivity contribution in [1.82, 2.24) is 14.7 Å². The molecule has 1 fully saturated rings. The summed E-state index contributed by atoms with van der Waals surface area (Å²) in [6.45, 7) is 6.40. The predicted octanol–water partition coefficient (Wildman–Crippen LogP) is 2.34. The van der Waals surface area contributed by atoms with E-state index < -0.39 is 0 Å². The normalized spacial score (nSPS) is 16.4. The molecule has 1 aliphatic rings. The van der Waals surface area contributed by atoms with Crippen LogP contribution in [0.2, 0.25) is 0 Å². The Balaban J connectivity index is 1.54. The van der Waals surface area contributed by atoms with E-state index in [0.717, 1.165) is 29.8 Å². The third kappa shape index (κ3) is 5.41. The first-order valence-corrected chi connectivity index (χ1v) is 9.94. The summed E-state index contributed by atoms with van der Waals surface area (Å²) in [4.78, 5) is 19.0. The quantitative estimate of drug-likeness (QED) is 0.834. The molecule has 150 valence electrons. The molecule has 5 heteroatoms.